The third-order valence-electron chi connectivity index (χ3n) is 2.87. The van der Waals surface area contributed by atoms with Crippen LogP contribution in [0.15, 0.2) is 36.4 Å². The van der Waals surface area contributed by atoms with Gasteiger partial charge in [-0.1, -0.05) is 6.07 Å². The summed E-state index contributed by atoms with van der Waals surface area (Å²) in [5, 5.41) is 2.57. The van der Waals surface area contributed by atoms with E-state index in [2.05, 4.69) is 5.32 Å². The largest absolute Gasteiger partial charge is 0.495 e. The van der Waals surface area contributed by atoms with Gasteiger partial charge in [-0.05, 0) is 29.8 Å². The lowest BCUT2D eigenvalue weighted by Gasteiger charge is -2.09. The van der Waals surface area contributed by atoms with Crippen molar-refractivity contribution in [3.63, 3.8) is 0 Å². The van der Waals surface area contributed by atoms with Crippen LogP contribution in [0, 0.1) is 11.6 Å². The quantitative estimate of drug-likeness (QED) is 0.851. The van der Waals surface area contributed by atoms with Crippen LogP contribution in [0.5, 0.6) is 5.75 Å². The van der Waals surface area contributed by atoms with Crippen LogP contribution >= 0.6 is 0 Å². The molecule has 6 heteroatoms. The lowest BCUT2D eigenvalue weighted by Crippen LogP contribution is -2.23. The number of nitrogens with one attached hydrogen (secondary N) is 1. The maximum Gasteiger partial charge on any atom is 0.251 e. The van der Waals surface area contributed by atoms with E-state index in [9.17, 15) is 13.6 Å². The zero-order chi connectivity index (χ0) is 15.4. The molecule has 0 aliphatic rings. The highest BCUT2D eigenvalue weighted by atomic mass is 19.1. The zero-order valence-electron chi connectivity index (χ0n) is 11.3. The standard InChI is InChI=1S/C15H14F2N2O2/c1-21-14-3-2-9(4-13(14)18)8-19-15(20)10-5-11(16)7-12(17)6-10/h2-7H,8,18H2,1H3,(H,19,20). The summed E-state index contributed by atoms with van der Waals surface area (Å²) in [6, 6.07) is 7.73. The van der Waals surface area contributed by atoms with Gasteiger partial charge in [0, 0.05) is 18.2 Å². The summed E-state index contributed by atoms with van der Waals surface area (Å²) >= 11 is 0. The minimum atomic E-state index is -0.797. The van der Waals surface area contributed by atoms with Crippen LogP contribution in [0.4, 0.5) is 14.5 Å². The molecule has 0 heterocycles. The predicted molar refractivity (Wildman–Crippen MR) is 74.9 cm³/mol. The molecule has 2 aromatic rings. The molecule has 0 bridgehead atoms. The number of halogens is 2. The maximum atomic E-state index is 13.0. The van der Waals surface area contributed by atoms with E-state index < -0.39 is 17.5 Å². The van der Waals surface area contributed by atoms with Gasteiger partial charge in [0.05, 0.1) is 12.8 Å². The smallest absolute Gasteiger partial charge is 0.251 e. The molecule has 0 saturated carbocycles. The molecule has 0 atom stereocenters. The number of nitrogen functional groups attached to an aromatic ring is 1. The number of hydrogen-bond acceptors (Lipinski definition) is 3. The first kappa shape index (κ1) is 14.8. The predicted octanol–water partition coefficient (Wildman–Crippen LogP) is 2.49. The van der Waals surface area contributed by atoms with Gasteiger partial charge in [-0.2, -0.15) is 0 Å². The summed E-state index contributed by atoms with van der Waals surface area (Å²) in [6.45, 7) is 0.186. The van der Waals surface area contributed by atoms with E-state index in [0.717, 1.165) is 17.7 Å². The molecule has 4 nitrogen and oxygen atoms in total. The van der Waals surface area contributed by atoms with Crippen LogP contribution in [0.2, 0.25) is 0 Å². The van der Waals surface area contributed by atoms with Crippen molar-refractivity contribution in [2.75, 3.05) is 12.8 Å². The number of carbonyl (C=O) groups is 1. The minimum Gasteiger partial charge on any atom is -0.495 e. The van der Waals surface area contributed by atoms with Crippen LogP contribution in [0.25, 0.3) is 0 Å². The first-order valence-corrected chi connectivity index (χ1v) is 6.16. The topological polar surface area (TPSA) is 64.3 Å². The Hall–Kier alpha value is -2.63. The van der Waals surface area contributed by atoms with Gasteiger partial charge < -0.3 is 15.8 Å². The summed E-state index contributed by atoms with van der Waals surface area (Å²) < 4.78 is 31.1. The summed E-state index contributed by atoms with van der Waals surface area (Å²) in [6.07, 6.45) is 0. The highest BCUT2D eigenvalue weighted by Crippen LogP contribution is 2.21. The van der Waals surface area contributed by atoms with Crippen LogP contribution < -0.4 is 15.8 Å². The van der Waals surface area contributed by atoms with Crippen LogP contribution in [-0.4, -0.2) is 13.0 Å². The number of anilines is 1. The Labute approximate surface area is 120 Å². The molecule has 0 unspecified atom stereocenters. The van der Waals surface area contributed by atoms with E-state index in [1.807, 2.05) is 0 Å². The highest BCUT2D eigenvalue weighted by Gasteiger charge is 2.09. The molecule has 0 aliphatic carbocycles. The monoisotopic (exact) mass is 292 g/mol. The first-order valence-electron chi connectivity index (χ1n) is 6.16. The average molecular weight is 292 g/mol. The highest BCUT2D eigenvalue weighted by molar-refractivity contribution is 5.94. The van der Waals surface area contributed by atoms with Gasteiger partial charge in [0.2, 0.25) is 0 Å². The third kappa shape index (κ3) is 3.68. The lowest BCUT2D eigenvalue weighted by molar-refractivity contribution is 0.0950. The summed E-state index contributed by atoms with van der Waals surface area (Å²) in [5.41, 5.74) is 6.87. The Morgan fingerprint density at radius 1 is 1.19 bits per heavy atom. The van der Waals surface area contributed by atoms with Crippen molar-refractivity contribution in [3.8, 4) is 5.75 Å². The summed E-state index contributed by atoms with van der Waals surface area (Å²) in [5.74, 6) is -1.62. The number of nitrogens with two attached hydrogens (primary N) is 1. The minimum absolute atomic E-state index is 0.0750. The molecule has 2 rings (SSSR count). The Balaban J connectivity index is 2.05. The molecule has 110 valence electrons. The maximum absolute atomic E-state index is 13.0. The van der Waals surface area contributed by atoms with Gasteiger partial charge in [-0.3, -0.25) is 4.79 Å². The molecule has 1 amide bonds. The van der Waals surface area contributed by atoms with E-state index in [-0.39, 0.29) is 12.1 Å². The van der Waals surface area contributed by atoms with E-state index >= 15 is 0 Å². The van der Waals surface area contributed by atoms with Crippen molar-refractivity contribution in [1.29, 1.82) is 0 Å². The second-order valence-electron chi connectivity index (χ2n) is 4.42. The number of rotatable bonds is 4. The van der Waals surface area contributed by atoms with E-state index in [1.165, 1.54) is 7.11 Å². The number of benzene rings is 2. The Morgan fingerprint density at radius 3 is 2.43 bits per heavy atom. The summed E-state index contributed by atoms with van der Waals surface area (Å²) in [7, 11) is 1.51. The van der Waals surface area contributed by atoms with Crippen molar-refractivity contribution >= 4 is 11.6 Å². The average Bonchev–Trinajstić information content (AvgIpc) is 2.43. The molecule has 2 aromatic carbocycles. The molecule has 3 N–H and O–H groups in total. The van der Waals surface area contributed by atoms with Gasteiger partial charge >= 0.3 is 0 Å². The Kier molecular flexibility index (Phi) is 4.37. The van der Waals surface area contributed by atoms with Gasteiger partial charge in [-0.25, -0.2) is 8.78 Å². The third-order valence-corrected chi connectivity index (χ3v) is 2.87. The number of amides is 1. The molecule has 0 fully saturated rings. The van der Waals surface area contributed by atoms with E-state index in [0.29, 0.717) is 17.5 Å². The molecule has 0 radical (unpaired) electrons. The summed E-state index contributed by atoms with van der Waals surface area (Å²) in [4.78, 5) is 11.8. The SMILES string of the molecule is COc1ccc(CNC(=O)c2cc(F)cc(F)c2)cc1N. The van der Waals surface area contributed by atoms with E-state index in [1.54, 1.807) is 18.2 Å². The number of ether oxygens (including phenoxy) is 1. The fraction of sp³-hybridized carbons (Fsp3) is 0.133. The molecular weight excluding hydrogens is 278 g/mol. The first-order chi connectivity index (χ1) is 9.99. The second kappa shape index (κ2) is 6.21. The van der Waals surface area contributed by atoms with Crippen molar-refractivity contribution in [3.05, 3.63) is 59.2 Å². The van der Waals surface area contributed by atoms with Crippen molar-refractivity contribution in [2.45, 2.75) is 6.54 Å². The molecule has 0 aliphatic heterocycles. The molecule has 0 saturated heterocycles. The van der Waals surface area contributed by atoms with Gasteiger partial charge in [0.15, 0.2) is 0 Å². The molecule has 0 aromatic heterocycles. The van der Waals surface area contributed by atoms with Crippen molar-refractivity contribution < 1.29 is 18.3 Å². The normalized spacial score (nSPS) is 10.2. The van der Waals surface area contributed by atoms with Crippen molar-refractivity contribution in [1.82, 2.24) is 5.32 Å². The fourth-order valence-corrected chi connectivity index (χ4v) is 1.86. The van der Waals surface area contributed by atoms with Gasteiger partial charge in [-0.15, -0.1) is 0 Å². The fourth-order valence-electron chi connectivity index (χ4n) is 1.86. The zero-order valence-corrected chi connectivity index (χ0v) is 11.3. The molecule has 21 heavy (non-hydrogen) atoms. The number of methoxy groups -OCH3 is 1. The van der Waals surface area contributed by atoms with Gasteiger partial charge in [0.25, 0.3) is 5.91 Å². The van der Waals surface area contributed by atoms with Gasteiger partial charge in [0.1, 0.15) is 17.4 Å². The van der Waals surface area contributed by atoms with Crippen LogP contribution in [0.3, 0.4) is 0 Å². The molecule has 0 spiro atoms. The van der Waals surface area contributed by atoms with Crippen LogP contribution in [-0.2, 0) is 6.54 Å². The number of hydrogen-bond donors (Lipinski definition) is 2. The molecular formula is C15H14F2N2O2. The Morgan fingerprint density at radius 2 is 1.86 bits per heavy atom. The Bertz CT molecular complexity index is 654. The van der Waals surface area contributed by atoms with Crippen LogP contribution in [0.1, 0.15) is 15.9 Å². The number of carbonyl (C=O) groups excluding carboxylic acids is 1. The van der Waals surface area contributed by atoms with Crippen molar-refractivity contribution in [2.24, 2.45) is 0 Å². The lowest BCUT2D eigenvalue weighted by atomic mass is 10.1. The van der Waals surface area contributed by atoms with E-state index in [4.69, 9.17) is 10.5 Å². The second-order valence-corrected chi connectivity index (χ2v) is 4.42.